The molecule has 0 unspecified atom stereocenters. The van der Waals surface area contributed by atoms with Crippen molar-refractivity contribution in [1.82, 2.24) is 0 Å². The maximum atomic E-state index is 12.0. The van der Waals surface area contributed by atoms with Gasteiger partial charge in [0.1, 0.15) is 5.75 Å². The lowest BCUT2D eigenvalue weighted by Gasteiger charge is -2.08. The van der Waals surface area contributed by atoms with E-state index in [4.69, 9.17) is 16.3 Å². The Bertz CT molecular complexity index is 732. The van der Waals surface area contributed by atoms with Crippen molar-refractivity contribution in [2.24, 2.45) is 0 Å². The molecule has 0 aliphatic rings. The SMILES string of the molecule is COc1c(Br)cc(Br)cc1/C=C/C(=O)Nc1cccc(Cl)c1. The fourth-order valence-electron chi connectivity index (χ4n) is 1.84. The molecule has 0 bridgehead atoms. The molecule has 0 heterocycles. The summed E-state index contributed by atoms with van der Waals surface area (Å²) in [6.07, 6.45) is 3.13. The van der Waals surface area contributed by atoms with Gasteiger partial charge in [0.2, 0.25) is 5.91 Å². The molecule has 1 N–H and O–H groups in total. The van der Waals surface area contributed by atoms with Crippen LogP contribution in [-0.2, 0) is 4.79 Å². The first-order valence-corrected chi connectivity index (χ1v) is 8.23. The van der Waals surface area contributed by atoms with Crippen LogP contribution in [0.5, 0.6) is 5.75 Å². The van der Waals surface area contributed by atoms with Crippen LogP contribution in [0.4, 0.5) is 5.69 Å². The van der Waals surface area contributed by atoms with Gasteiger partial charge in [0.15, 0.2) is 0 Å². The zero-order valence-electron chi connectivity index (χ0n) is 11.6. The predicted molar refractivity (Wildman–Crippen MR) is 97.5 cm³/mol. The van der Waals surface area contributed by atoms with Gasteiger partial charge in [0.05, 0.1) is 11.6 Å². The molecule has 2 aromatic rings. The molecule has 0 aliphatic carbocycles. The minimum atomic E-state index is -0.250. The molecule has 2 rings (SSSR count). The van der Waals surface area contributed by atoms with E-state index < -0.39 is 0 Å². The molecule has 114 valence electrons. The average molecular weight is 446 g/mol. The van der Waals surface area contributed by atoms with Crippen molar-refractivity contribution in [1.29, 1.82) is 0 Å². The van der Waals surface area contributed by atoms with Crippen molar-refractivity contribution in [2.75, 3.05) is 12.4 Å². The predicted octanol–water partition coefficient (Wildman–Crippen LogP) is 5.53. The number of anilines is 1. The van der Waals surface area contributed by atoms with Crippen LogP contribution in [0.3, 0.4) is 0 Å². The van der Waals surface area contributed by atoms with Gasteiger partial charge in [-0.1, -0.05) is 33.6 Å². The third-order valence-corrected chi connectivity index (χ3v) is 4.03. The van der Waals surface area contributed by atoms with Crippen molar-refractivity contribution in [3.05, 3.63) is 62.0 Å². The van der Waals surface area contributed by atoms with Crippen LogP contribution in [0.15, 0.2) is 51.4 Å². The summed E-state index contributed by atoms with van der Waals surface area (Å²) in [5.74, 6) is 0.412. The Morgan fingerprint density at radius 1 is 1.27 bits per heavy atom. The van der Waals surface area contributed by atoms with Gasteiger partial charge in [-0.3, -0.25) is 4.79 Å². The summed E-state index contributed by atoms with van der Waals surface area (Å²) in [4.78, 5) is 12.0. The lowest BCUT2D eigenvalue weighted by molar-refractivity contribution is -0.111. The van der Waals surface area contributed by atoms with Crippen molar-refractivity contribution in [3.8, 4) is 5.75 Å². The number of carbonyl (C=O) groups is 1. The third-order valence-electron chi connectivity index (χ3n) is 2.75. The second-order valence-electron chi connectivity index (χ2n) is 4.34. The number of halogens is 3. The van der Waals surface area contributed by atoms with Gasteiger partial charge in [-0.05, 0) is 52.3 Å². The molecule has 6 heteroatoms. The van der Waals surface area contributed by atoms with E-state index in [9.17, 15) is 4.79 Å². The van der Waals surface area contributed by atoms with E-state index in [1.807, 2.05) is 12.1 Å². The molecule has 0 saturated carbocycles. The zero-order valence-corrected chi connectivity index (χ0v) is 15.5. The summed E-state index contributed by atoms with van der Waals surface area (Å²) in [7, 11) is 1.58. The molecule has 0 fully saturated rings. The molecule has 0 aromatic heterocycles. The van der Waals surface area contributed by atoms with Crippen LogP contribution in [0.1, 0.15) is 5.56 Å². The van der Waals surface area contributed by atoms with Crippen LogP contribution < -0.4 is 10.1 Å². The maximum absolute atomic E-state index is 12.0. The van der Waals surface area contributed by atoms with Crippen molar-refractivity contribution in [3.63, 3.8) is 0 Å². The van der Waals surface area contributed by atoms with Crippen LogP contribution in [0.25, 0.3) is 6.08 Å². The van der Waals surface area contributed by atoms with E-state index in [1.165, 1.54) is 6.08 Å². The first-order chi connectivity index (χ1) is 10.5. The summed E-state index contributed by atoms with van der Waals surface area (Å²) in [6.45, 7) is 0. The highest BCUT2D eigenvalue weighted by molar-refractivity contribution is 9.11. The lowest BCUT2D eigenvalue weighted by Crippen LogP contribution is -2.07. The van der Waals surface area contributed by atoms with E-state index in [2.05, 4.69) is 37.2 Å². The summed E-state index contributed by atoms with van der Waals surface area (Å²) in [5, 5.41) is 3.31. The Morgan fingerprint density at radius 3 is 2.73 bits per heavy atom. The van der Waals surface area contributed by atoms with E-state index in [0.717, 1.165) is 14.5 Å². The molecule has 0 atom stereocenters. The van der Waals surface area contributed by atoms with E-state index >= 15 is 0 Å². The molecule has 0 radical (unpaired) electrons. The van der Waals surface area contributed by atoms with Gasteiger partial charge in [-0.25, -0.2) is 0 Å². The number of methoxy groups -OCH3 is 1. The Balaban J connectivity index is 2.16. The number of rotatable bonds is 4. The maximum Gasteiger partial charge on any atom is 0.248 e. The number of nitrogens with one attached hydrogen (secondary N) is 1. The minimum absolute atomic E-state index is 0.250. The second kappa shape index (κ2) is 7.81. The number of hydrogen-bond acceptors (Lipinski definition) is 2. The zero-order chi connectivity index (χ0) is 16.1. The van der Waals surface area contributed by atoms with Crippen molar-refractivity contribution < 1.29 is 9.53 Å². The van der Waals surface area contributed by atoms with Crippen LogP contribution in [0, 0.1) is 0 Å². The Hall–Kier alpha value is -1.30. The van der Waals surface area contributed by atoms with Crippen LogP contribution in [-0.4, -0.2) is 13.0 Å². The van der Waals surface area contributed by atoms with E-state index in [1.54, 1.807) is 37.5 Å². The molecule has 3 nitrogen and oxygen atoms in total. The van der Waals surface area contributed by atoms with Crippen molar-refractivity contribution in [2.45, 2.75) is 0 Å². The third kappa shape index (κ3) is 4.60. The average Bonchev–Trinajstić information content (AvgIpc) is 2.44. The van der Waals surface area contributed by atoms with Gasteiger partial charge in [0.25, 0.3) is 0 Å². The molecule has 0 aliphatic heterocycles. The Labute approximate surface area is 150 Å². The van der Waals surface area contributed by atoms with Gasteiger partial charge < -0.3 is 10.1 Å². The van der Waals surface area contributed by atoms with Crippen LogP contribution in [0.2, 0.25) is 5.02 Å². The smallest absolute Gasteiger partial charge is 0.248 e. The van der Waals surface area contributed by atoms with Crippen LogP contribution >= 0.6 is 43.5 Å². The number of ether oxygens (including phenoxy) is 1. The number of amides is 1. The number of hydrogen-bond donors (Lipinski definition) is 1. The minimum Gasteiger partial charge on any atom is -0.495 e. The summed E-state index contributed by atoms with van der Waals surface area (Å²) in [6, 6.07) is 10.7. The standard InChI is InChI=1S/C16H12Br2ClNO2/c1-22-16-10(7-11(17)8-14(16)18)5-6-15(21)20-13-4-2-3-12(19)9-13/h2-9H,1H3,(H,20,21)/b6-5+. The summed E-state index contributed by atoms with van der Waals surface area (Å²) < 4.78 is 7.02. The van der Waals surface area contributed by atoms with Crippen molar-refractivity contribution >= 4 is 61.1 Å². The fraction of sp³-hybridized carbons (Fsp3) is 0.0625. The first kappa shape index (κ1) is 17.1. The number of benzene rings is 2. The molecule has 0 saturated heterocycles. The first-order valence-electron chi connectivity index (χ1n) is 6.27. The van der Waals surface area contributed by atoms with Gasteiger partial charge in [-0.2, -0.15) is 0 Å². The molecular weight excluding hydrogens is 433 g/mol. The Morgan fingerprint density at radius 2 is 2.05 bits per heavy atom. The topological polar surface area (TPSA) is 38.3 Å². The molecular formula is C16H12Br2ClNO2. The Kier molecular flexibility index (Phi) is 6.06. The normalized spacial score (nSPS) is 10.7. The highest BCUT2D eigenvalue weighted by atomic mass is 79.9. The van der Waals surface area contributed by atoms with E-state index in [0.29, 0.717) is 16.5 Å². The lowest BCUT2D eigenvalue weighted by atomic mass is 10.2. The largest absolute Gasteiger partial charge is 0.495 e. The van der Waals surface area contributed by atoms with Gasteiger partial charge in [-0.15, -0.1) is 0 Å². The fourth-order valence-corrected chi connectivity index (χ4v) is 3.45. The van der Waals surface area contributed by atoms with Gasteiger partial charge in [0, 0.05) is 26.8 Å². The van der Waals surface area contributed by atoms with E-state index in [-0.39, 0.29) is 5.91 Å². The quantitative estimate of drug-likeness (QED) is 0.629. The summed E-state index contributed by atoms with van der Waals surface area (Å²) >= 11 is 12.7. The number of carbonyl (C=O) groups excluding carboxylic acids is 1. The highest BCUT2D eigenvalue weighted by Gasteiger charge is 2.07. The highest BCUT2D eigenvalue weighted by Crippen LogP contribution is 2.33. The second-order valence-corrected chi connectivity index (χ2v) is 6.55. The monoisotopic (exact) mass is 443 g/mol. The summed E-state index contributed by atoms with van der Waals surface area (Å²) in [5.41, 5.74) is 1.43. The van der Waals surface area contributed by atoms with Gasteiger partial charge >= 0.3 is 0 Å². The molecule has 0 spiro atoms. The molecule has 22 heavy (non-hydrogen) atoms. The molecule has 2 aromatic carbocycles. The molecule has 1 amide bonds.